The van der Waals surface area contributed by atoms with Crippen LogP contribution in [0.5, 0.6) is 0 Å². The molecule has 0 bridgehead atoms. The van der Waals surface area contributed by atoms with Crippen molar-refractivity contribution in [2.45, 2.75) is 26.8 Å². The predicted octanol–water partition coefficient (Wildman–Crippen LogP) is 3.81. The third-order valence-electron chi connectivity index (χ3n) is 3.86. The first kappa shape index (κ1) is 19.5. The Morgan fingerprint density at radius 3 is 2.12 bits per heavy atom. The molecule has 1 atom stereocenters. The van der Waals surface area contributed by atoms with Gasteiger partial charge in [-0.1, -0.05) is 26.0 Å². The molecule has 7 heteroatoms. The molecule has 1 unspecified atom stereocenters. The fraction of sp³-hybridized carbons (Fsp3) is 0.263. The molecule has 2 aromatic rings. The van der Waals surface area contributed by atoms with Gasteiger partial charge in [0.1, 0.15) is 29.1 Å². The topological polar surface area (TPSA) is 58.2 Å². The van der Waals surface area contributed by atoms with Gasteiger partial charge in [0.15, 0.2) is 0 Å². The lowest BCUT2D eigenvalue weighted by Gasteiger charge is -2.22. The van der Waals surface area contributed by atoms with Crippen LogP contribution >= 0.6 is 0 Å². The Morgan fingerprint density at radius 2 is 1.58 bits per heavy atom. The van der Waals surface area contributed by atoms with E-state index >= 15 is 0 Å². The lowest BCUT2D eigenvalue weighted by Crippen LogP contribution is -2.47. The molecule has 0 aliphatic carbocycles. The van der Waals surface area contributed by atoms with Gasteiger partial charge >= 0.3 is 0 Å². The highest BCUT2D eigenvalue weighted by Gasteiger charge is 2.27. The zero-order valence-electron chi connectivity index (χ0n) is 14.6. The van der Waals surface area contributed by atoms with Gasteiger partial charge in [0.2, 0.25) is 5.91 Å². The van der Waals surface area contributed by atoms with E-state index in [1.165, 1.54) is 12.1 Å². The van der Waals surface area contributed by atoms with E-state index in [-0.39, 0.29) is 11.6 Å². The van der Waals surface area contributed by atoms with Crippen molar-refractivity contribution in [1.82, 2.24) is 5.32 Å². The number of benzene rings is 2. The Morgan fingerprint density at radius 1 is 0.962 bits per heavy atom. The number of nitrogens with one attached hydrogen (secondary N) is 2. The predicted molar refractivity (Wildman–Crippen MR) is 92.2 cm³/mol. The molecule has 0 aromatic heterocycles. The van der Waals surface area contributed by atoms with Gasteiger partial charge in [-0.2, -0.15) is 0 Å². The molecule has 2 N–H and O–H groups in total. The number of hydrogen-bond donors (Lipinski definition) is 2. The molecule has 0 aliphatic rings. The Bertz CT molecular complexity index is 817. The molecule has 4 nitrogen and oxygen atoms in total. The van der Waals surface area contributed by atoms with Crippen molar-refractivity contribution in [3.8, 4) is 0 Å². The maximum Gasteiger partial charge on any atom is 0.257 e. The van der Waals surface area contributed by atoms with Crippen molar-refractivity contribution in [2.75, 3.05) is 5.32 Å². The lowest BCUT2D eigenvalue weighted by molar-refractivity contribution is -0.118. The molecule has 2 rings (SSSR count). The second-order valence-electron chi connectivity index (χ2n) is 6.25. The first-order valence-electron chi connectivity index (χ1n) is 8.02. The summed E-state index contributed by atoms with van der Waals surface area (Å²) >= 11 is 0. The molecule has 0 saturated heterocycles. The SMILES string of the molecule is Cc1ccc(NC(=O)C(NC(=O)c2c(F)cccc2F)C(C)C)cc1F. The molecular formula is C19H19F3N2O2. The summed E-state index contributed by atoms with van der Waals surface area (Å²) < 4.78 is 41.1. The third kappa shape index (κ3) is 4.41. The first-order valence-corrected chi connectivity index (χ1v) is 8.02. The van der Waals surface area contributed by atoms with Crippen molar-refractivity contribution in [3.05, 3.63) is 65.0 Å². The highest BCUT2D eigenvalue weighted by molar-refractivity contribution is 6.01. The van der Waals surface area contributed by atoms with Crippen LogP contribution in [-0.4, -0.2) is 17.9 Å². The van der Waals surface area contributed by atoms with Gasteiger partial charge in [0.05, 0.1) is 0 Å². The minimum absolute atomic E-state index is 0.218. The fourth-order valence-corrected chi connectivity index (χ4v) is 2.35. The largest absolute Gasteiger partial charge is 0.340 e. The van der Waals surface area contributed by atoms with Gasteiger partial charge in [-0.25, -0.2) is 13.2 Å². The van der Waals surface area contributed by atoms with Crippen molar-refractivity contribution in [2.24, 2.45) is 5.92 Å². The van der Waals surface area contributed by atoms with E-state index < -0.39 is 40.9 Å². The van der Waals surface area contributed by atoms with Crippen LogP contribution in [0, 0.1) is 30.3 Å². The summed E-state index contributed by atoms with van der Waals surface area (Å²) in [5, 5.41) is 4.83. The number of carbonyl (C=O) groups is 2. The Kier molecular flexibility index (Phi) is 6.02. The highest BCUT2D eigenvalue weighted by Crippen LogP contribution is 2.16. The van der Waals surface area contributed by atoms with E-state index in [2.05, 4.69) is 10.6 Å². The number of halogens is 3. The standard InChI is InChI=1S/C19H19F3N2O2/c1-10(2)17(19(26)23-12-8-7-11(3)15(22)9-12)24-18(25)16-13(20)5-4-6-14(16)21/h4-10,17H,1-3H3,(H,23,26)(H,24,25). The van der Waals surface area contributed by atoms with Gasteiger partial charge in [-0.15, -0.1) is 0 Å². The first-order chi connectivity index (χ1) is 12.2. The molecule has 138 valence electrons. The van der Waals surface area contributed by atoms with E-state index in [9.17, 15) is 22.8 Å². The minimum atomic E-state index is -1.06. The Balaban J connectivity index is 2.18. The van der Waals surface area contributed by atoms with E-state index in [1.54, 1.807) is 20.8 Å². The summed E-state index contributed by atoms with van der Waals surface area (Å²) in [6, 6.07) is 6.16. The maximum atomic E-state index is 13.7. The van der Waals surface area contributed by atoms with Crippen LogP contribution in [0.3, 0.4) is 0 Å². The molecular weight excluding hydrogens is 345 g/mol. The number of carbonyl (C=O) groups excluding carboxylic acids is 2. The Hall–Kier alpha value is -2.83. The summed E-state index contributed by atoms with van der Waals surface area (Å²) in [6.45, 7) is 4.91. The van der Waals surface area contributed by atoms with E-state index in [1.807, 2.05) is 0 Å². The summed E-state index contributed by atoms with van der Waals surface area (Å²) in [6.07, 6.45) is 0. The molecule has 0 radical (unpaired) electrons. The van der Waals surface area contributed by atoms with E-state index in [0.29, 0.717) is 5.56 Å². The van der Waals surface area contributed by atoms with Crippen LogP contribution < -0.4 is 10.6 Å². The molecule has 0 fully saturated rings. The normalized spacial score (nSPS) is 12.0. The Labute approximate surface area is 149 Å². The minimum Gasteiger partial charge on any atom is -0.340 e. The number of amides is 2. The van der Waals surface area contributed by atoms with Crippen LogP contribution in [0.15, 0.2) is 36.4 Å². The van der Waals surface area contributed by atoms with Crippen molar-refractivity contribution in [1.29, 1.82) is 0 Å². The lowest BCUT2D eigenvalue weighted by atomic mass is 10.0. The third-order valence-corrected chi connectivity index (χ3v) is 3.86. The number of aryl methyl sites for hydroxylation is 1. The molecule has 0 heterocycles. The highest BCUT2D eigenvalue weighted by atomic mass is 19.1. The van der Waals surface area contributed by atoms with Gasteiger partial charge < -0.3 is 10.6 Å². The van der Waals surface area contributed by atoms with Crippen LogP contribution in [0.1, 0.15) is 29.8 Å². The average Bonchev–Trinajstić information content (AvgIpc) is 2.55. The number of anilines is 1. The quantitative estimate of drug-likeness (QED) is 0.848. The number of rotatable bonds is 5. The summed E-state index contributed by atoms with van der Waals surface area (Å²) in [5.74, 6) is -4.56. The summed E-state index contributed by atoms with van der Waals surface area (Å²) in [7, 11) is 0. The summed E-state index contributed by atoms with van der Waals surface area (Å²) in [5.41, 5.74) is -0.117. The molecule has 26 heavy (non-hydrogen) atoms. The van der Waals surface area contributed by atoms with E-state index in [0.717, 1.165) is 24.3 Å². The van der Waals surface area contributed by atoms with Gasteiger partial charge in [0, 0.05) is 5.69 Å². The molecule has 2 amide bonds. The monoisotopic (exact) mass is 364 g/mol. The second-order valence-corrected chi connectivity index (χ2v) is 6.25. The molecule has 0 aliphatic heterocycles. The summed E-state index contributed by atoms with van der Waals surface area (Å²) in [4.78, 5) is 24.7. The van der Waals surface area contributed by atoms with Gasteiger partial charge in [-0.3, -0.25) is 9.59 Å². The van der Waals surface area contributed by atoms with Gasteiger partial charge in [-0.05, 0) is 42.7 Å². The molecule has 2 aromatic carbocycles. The van der Waals surface area contributed by atoms with Crippen LogP contribution in [0.25, 0.3) is 0 Å². The molecule has 0 spiro atoms. The van der Waals surface area contributed by atoms with Crippen LogP contribution in [-0.2, 0) is 4.79 Å². The van der Waals surface area contributed by atoms with Gasteiger partial charge in [0.25, 0.3) is 5.91 Å². The van der Waals surface area contributed by atoms with Crippen molar-refractivity contribution in [3.63, 3.8) is 0 Å². The zero-order chi connectivity index (χ0) is 19.4. The van der Waals surface area contributed by atoms with Crippen molar-refractivity contribution >= 4 is 17.5 Å². The zero-order valence-corrected chi connectivity index (χ0v) is 14.6. The smallest absolute Gasteiger partial charge is 0.257 e. The van der Waals surface area contributed by atoms with E-state index in [4.69, 9.17) is 0 Å². The molecule has 0 saturated carbocycles. The number of hydrogen-bond acceptors (Lipinski definition) is 2. The van der Waals surface area contributed by atoms with Crippen LogP contribution in [0.2, 0.25) is 0 Å². The average molecular weight is 364 g/mol. The second kappa shape index (κ2) is 8.03. The fourth-order valence-electron chi connectivity index (χ4n) is 2.35. The maximum absolute atomic E-state index is 13.7. The van der Waals surface area contributed by atoms with Crippen molar-refractivity contribution < 1.29 is 22.8 Å². The van der Waals surface area contributed by atoms with Crippen LogP contribution in [0.4, 0.5) is 18.9 Å².